The number of thioether (sulfide) groups is 1. The highest BCUT2D eigenvalue weighted by Crippen LogP contribution is 2.27. The molecule has 3 rings (SSSR count). The summed E-state index contributed by atoms with van der Waals surface area (Å²) in [6.45, 7) is 2.18. The van der Waals surface area contributed by atoms with Gasteiger partial charge in [-0.3, -0.25) is 5.10 Å². The van der Waals surface area contributed by atoms with Gasteiger partial charge in [0, 0.05) is 16.3 Å². The summed E-state index contributed by atoms with van der Waals surface area (Å²) in [6.07, 6.45) is 0. The van der Waals surface area contributed by atoms with Gasteiger partial charge in [-0.1, -0.05) is 23.4 Å². The minimum atomic E-state index is -0.302. The third-order valence-corrected chi connectivity index (χ3v) is 4.94. The number of nitrogens with one attached hydrogen (secondary N) is 1. The molecule has 0 saturated carbocycles. The van der Waals surface area contributed by atoms with Crippen molar-refractivity contribution in [1.29, 1.82) is 0 Å². The molecule has 0 fully saturated rings. The van der Waals surface area contributed by atoms with Gasteiger partial charge in [-0.15, -0.1) is 5.10 Å². The van der Waals surface area contributed by atoms with Crippen LogP contribution in [0.3, 0.4) is 0 Å². The molecule has 0 unspecified atom stereocenters. The zero-order valence-corrected chi connectivity index (χ0v) is 15.8. The molecule has 0 aliphatic carbocycles. The van der Waals surface area contributed by atoms with Crippen molar-refractivity contribution in [3.05, 3.63) is 64.2 Å². The molecule has 1 heterocycles. The number of aryl methyl sites for hydroxylation is 1. The number of hydrogen-bond donors (Lipinski definition) is 1. The van der Waals surface area contributed by atoms with Crippen LogP contribution in [-0.2, 0) is 12.4 Å². The van der Waals surface area contributed by atoms with Gasteiger partial charge in [0.25, 0.3) is 0 Å². The van der Waals surface area contributed by atoms with E-state index in [1.807, 2.05) is 13.0 Å². The van der Waals surface area contributed by atoms with Gasteiger partial charge in [0.2, 0.25) is 5.16 Å². The molecule has 136 valence electrons. The van der Waals surface area contributed by atoms with Crippen molar-refractivity contribution in [2.24, 2.45) is 0 Å². The van der Waals surface area contributed by atoms with E-state index >= 15 is 0 Å². The summed E-state index contributed by atoms with van der Waals surface area (Å²) < 4.78 is 24.3. The number of H-pyrrole nitrogens is 1. The highest BCUT2D eigenvalue weighted by Gasteiger charge is 2.09. The predicted octanol–water partition coefficient (Wildman–Crippen LogP) is 4.79. The zero-order valence-electron chi connectivity index (χ0n) is 14.3. The van der Waals surface area contributed by atoms with Crippen LogP contribution in [0.25, 0.3) is 0 Å². The Morgan fingerprint density at radius 3 is 2.85 bits per heavy atom. The first-order valence-corrected chi connectivity index (χ1v) is 9.17. The molecule has 26 heavy (non-hydrogen) atoms. The van der Waals surface area contributed by atoms with Crippen LogP contribution >= 0.6 is 23.4 Å². The largest absolute Gasteiger partial charge is 0.496 e. The lowest BCUT2D eigenvalue weighted by molar-refractivity contribution is 0.296. The van der Waals surface area contributed by atoms with Gasteiger partial charge >= 0.3 is 0 Å². The fourth-order valence-electron chi connectivity index (χ4n) is 2.27. The Balaban J connectivity index is 1.58. The summed E-state index contributed by atoms with van der Waals surface area (Å²) in [6, 6.07) is 9.89. The van der Waals surface area contributed by atoms with Crippen molar-refractivity contribution >= 4 is 23.4 Å². The molecular weight excluding hydrogens is 377 g/mol. The lowest BCUT2D eigenvalue weighted by atomic mass is 10.2. The lowest BCUT2D eigenvalue weighted by Crippen LogP contribution is -1.98. The Kier molecular flexibility index (Phi) is 6.00. The Labute approximate surface area is 159 Å². The Bertz CT molecular complexity index is 904. The van der Waals surface area contributed by atoms with E-state index in [4.69, 9.17) is 21.1 Å². The number of methoxy groups -OCH3 is 1. The van der Waals surface area contributed by atoms with Crippen molar-refractivity contribution in [1.82, 2.24) is 15.2 Å². The highest BCUT2D eigenvalue weighted by atomic mass is 35.5. The standard InChI is InChI=1S/C18H17ClFN3O2S/c1-11-7-14(4-5-15(11)19)25-9-17-21-18(23-22-17)26-10-12-8-13(20)3-6-16(12)24-2/h3-8H,9-10H2,1-2H3,(H,21,22,23). The average Bonchev–Trinajstić information content (AvgIpc) is 3.09. The monoisotopic (exact) mass is 393 g/mol. The van der Waals surface area contributed by atoms with Gasteiger partial charge < -0.3 is 9.47 Å². The molecule has 0 bridgehead atoms. The molecule has 8 heteroatoms. The van der Waals surface area contributed by atoms with Crippen molar-refractivity contribution in [2.45, 2.75) is 24.4 Å². The molecule has 0 radical (unpaired) electrons. The molecule has 1 aromatic heterocycles. The maximum absolute atomic E-state index is 13.4. The van der Waals surface area contributed by atoms with Gasteiger partial charge in [-0.2, -0.15) is 0 Å². The smallest absolute Gasteiger partial charge is 0.208 e. The second-order valence-corrected chi connectivity index (χ2v) is 6.86. The van der Waals surface area contributed by atoms with Gasteiger partial charge in [-0.25, -0.2) is 9.37 Å². The molecule has 0 saturated heterocycles. The average molecular weight is 394 g/mol. The van der Waals surface area contributed by atoms with Crippen LogP contribution in [0.1, 0.15) is 17.0 Å². The molecule has 0 atom stereocenters. The van der Waals surface area contributed by atoms with Crippen LogP contribution < -0.4 is 9.47 Å². The van der Waals surface area contributed by atoms with Gasteiger partial charge in [-0.05, 0) is 48.9 Å². The maximum Gasteiger partial charge on any atom is 0.208 e. The van der Waals surface area contributed by atoms with Crippen molar-refractivity contribution in [3.8, 4) is 11.5 Å². The first kappa shape index (κ1) is 18.5. The quantitative estimate of drug-likeness (QED) is 0.585. The van der Waals surface area contributed by atoms with Crippen molar-refractivity contribution < 1.29 is 13.9 Å². The minimum absolute atomic E-state index is 0.262. The zero-order chi connectivity index (χ0) is 18.5. The van der Waals surface area contributed by atoms with E-state index < -0.39 is 0 Å². The number of benzene rings is 2. The van der Waals surface area contributed by atoms with Crippen LogP contribution in [-0.4, -0.2) is 22.3 Å². The van der Waals surface area contributed by atoms with E-state index in [9.17, 15) is 4.39 Å². The van der Waals surface area contributed by atoms with E-state index in [2.05, 4.69) is 15.2 Å². The number of aromatic nitrogens is 3. The van der Waals surface area contributed by atoms with Crippen LogP contribution in [0.2, 0.25) is 5.02 Å². The molecular formula is C18H17ClFN3O2S. The van der Waals surface area contributed by atoms with Gasteiger partial charge in [0.15, 0.2) is 5.82 Å². The van der Waals surface area contributed by atoms with E-state index in [1.54, 1.807) is 25.3 Å². The number of aromatic amines is 1. The topological polar surface area (TPSA) is 60.0 Å². The molecule has 0 aliphatic heterocycles. The summed E-state index contributed by atoms with van der Waals surface area (Å²) in [5.74, 6) is 2.14. The number of halogens is 2. The second kappa shape index (κ2) is 8.42. The predicted molar refractivity (Wildman–Crippen MR) is 99.4 cm³/mol. The molecule has 0 spiro atoms. The van der Waals surface area contributed by atoms with E-state index in [0.29, 0.717) is 33.3 Å². The second-order valence-electron chi connectivity index (χ2n) is 5.51. The van der Waals surface area contributed by atoms with E-state index in [1.165, 1.54) is 23.9 Å². The summed E-state index contributed by atoms with van der Waals surface area (Å²) in [5, 5.41) is 8.24. The van der Waals surface area contributed by atoms with E-state index in [-0.39, 0.29) is 12.4 Å². The summed E-state index contributed by atoms with van der Waals surface area (Å²) in [7, 11) is 1.56. The molecule has 0 aliphatic rings. The minimum Gasteiger partial charge on any atom is -0.496 e. The highest BCUT2D eigenvalue weighted by molar-refractivity contribution is 7.98. The van der Waals surface area contributed by atoms with Crippen LogP contribution in [0.4, 0.5) is 4.39 Å². The number of hydrogen-bond acceptors (Lipinski definition) is 5. The SMILES string of the molecule is COc1ccc(F)cc1CSc1n[nH]c(COc2ccc(Cl)c(C)c2)n1. The first-order valence-electron chi connectivity index (χ1n) is 7.80. The molecule has 3 aromatic rings. The number of rotatable bonds is 7. The number of nitrogens with zero attached hydrogens (tertiary/aromatic N) is 2. The summed E-state index contributed by atoms with van der Waals surface area (Å²) in [4.78, 5) is 4.37. The fourth-order valence-corrected chi connectivity index (χ4v) is 3.18. The van der Waals surface area contributed by atoms with Crippen molar-refractivity contribution in [2.75, 3.05) is 7.11 Å². The normalized spacial score (nSPS) is 10.8. The van der Waals surface area contributed by atoms with Gasteiger partial charge in [0.1, 0.15) is 23.9 Å². The molecule has 5 nitrogen and oxygen atoms in total. The van der Waals surface area contributed by atoms with Crippen molar-refractivity contribution in [3.63, 3.8) is 0 Å². The third kappa shape index (κ3) is 4.68. The van der Waals surface area contributed by atoms with Crippen LogP contribution in [0, 0.1) is 12.7 Å². The molecule has 1 N–H and O–H groups in total. The lowest BCUT2D eigenvalue weighted by Gasteiger charge is -2.07. The van der Waals surface area contributed by atoms with Gasteiger partial charge in [0.05, 0.1) is 7.11 Å². The maximum atomic E-state index is 13.4. The Hall–Kier alpha value is -2.25. The van der Waals surface area contributed by atoms with Crippen LogP contribution in [0.15, 0.2) is 41.6 Å². The molecule has 2 aromatic carbocycles. The van der Waals surface area contributed by atoms with Crippen LogP contribution in [0.5, 0.6) is 11.5 Å². The molecule has 0 amide bonds. The Morgan fingerprint density at radius 2 is 2.08 bits per heavy atom. The van der Waals surface area contributed by atoms with E-state index in [0.717, 1.165) is 11.1 Å². The Morgan fingerprint density at radius 1 is 1.23 bits per heavy atom. The first-order chi connectivity index (χ1) is 12.5. The fraction of sp³-hybridized carbons (Fsp3) is 0.222. The summed E-state index contributed by atoms with van der Waals surface area (Å²) >= 11 is 7.38. The third-order valence-electron chi connectivity index (χ3n) is 3.62. The number of ether oxygens (including phenoxy) is 2. The summed E-state index contributed by atoms with van der Waals surface area (Å²) in [5.41, 5.74) is 1.69.